The third kappa shape index (κ3) is 7.40. The highest BCUT2D eigenvalue weighted by Crippen LogP contribution is 2.27. The van der Waals surface area contributed by atoms with E-state index in [9.17, 15) is 8.42 Å². The third-order valence-corrected chi connectivity index (χ3v) is 6.35. The second kappa shape index (κ2) is 11.3. The lowest BCUT2D eigenvalue weighted by molar-refractivity contribution is 0.280. The van der Waals surface area contributed by atoms with Crippen LogP contribution in [0, 0.1) is 5.92 Å². The van der Waals surface area contributed by atoms with E-state index in [0.29, 0.717) is 25.6 Å². The van der Waals surface area contributed by atoms with Gasteiger partial charge in [0.25, 0.3) is 0 Å². The first-order valence-corrected chi connectivity index (χ1v) is 11.9. The van der Waals surface area contributed by atoms with E-state index >= 15 is 0 Å². The Bertz CT molecular complexity index is 775. The summed E-state index contributed by atoms with van der Waals surface area (Å²) >= 11 is 0. The number of nitrogens with zero attached hydrogens (tertiary/aromatic N) is 2. The Morgan fingerprint density at radius 3 is 2.45 bits per heavy atom. The van der Waals surface area contributed by atoms with Gasteiger partial charge in [-0.15, -0.1) is 0 Å². The van der Waals surface area contributed by atoms with E-state index < -0.39 is 10.0 Å². The van der Waals surface area contributed by atoms with Crippen molar-refractivity contribution in [3.63, 3.8) is 0 Å². The Kier molecular flexibility index (Phi) is 9.03. The smallest absolute Gasteiger partial charge is 0.211 e. The van der Waals surface area contributed by atoms with Crippen LogP contribution in [0.5, 0.6) is 11.5 Å². The van der Waals surface area contributed by atoms with E-state index in [1.54, 1.807) is 18.5 Å². The number of hydrogen-bond donors (Lipinski definition) is 2. The summed E-state index contributed by atoms with van der Waals surface area (Å²) < 4.78 is 35.4. The fraction of sp³-hybridized carbons (Fsp3) is 0.650. The van der Waals surface area contributed by atoms with Crippen LogP contribution in [-0.4, -0.2) is 71.9 Å². The van der Waals surface area contributed by atoms with Crippen LogP contribution in [-0.2, 0) is 16.4 Å². The van der Waals surface area contributed by atoms with E-state index in [0.717, 1.165) is 55.4 Å². The minimum atomic E-state index is -3.08. The van der Waals surface area contributed by atoms with Gasteiger partial charge in [-0.1, -0.05) is 6.07 Å². The van der Waals surface area contributed by atoms with E-state index in [2.05, 4.69) is 10.6 Å². The molecule has 0 saturated carbocycles. The number of ether oxygens (including phenoxy) is 2. The maximum Gasteiger partial charge on any atom is 0.211 e. The molecule has 1 aromatic carbocycles. The lowest BCUT2D eigenvalue weighted by atomic mass is 9.98. The molecule has 1 aliphatic heterocycles. The number of guanidine groups is 1. The first-order valence-electron chi connectivity index (χ1n) is 10.1. The van der Waals surface area contributed by atoms with Crippen molar-refractivity contribution in [2.45, 2.75) is 26.2 Å². The second-order valence-corrected chi connectivity index (χ2v) is 9.17. The molecule has 29 heavy (non-hydrogen) atoms. The first kappa shape index (κ1) is 23.3. The zero-order valence-corrected chi connectivity index (χ0v) is 18.7. The summed E-state index contributed by atoms with van der Waals surface area (Å²) in [5, 5.41) is 6.64. The maximum atomic E-state index is 11.6. The molecule has 0 aliphatic carbocycles. The number of piperidine rings is 1. The molecule has 0 atom stereocenters. The number of aliphatic imine (C=N–C) groups is 1. The van der Waals surface area contributed by atoms with Gasteiger partial charge in [-0.2, -0.15) is 0 Å². The summed E-state index contributed by atoms with van der Waals surface area (Å²) in [5.74, 6) is 2.65. The van der Waals surface area contributed by atoms with Crippen LogP contribution in [0.15, 0.2) is 23.2 Å². The SMILES string of the molecule is CCNC(=NCC1CCN(S(C)(=O)=O)CC1)NCCc1ccc(OC)c(OC)c1. The number of nitrogens with one attached hydrogen (secondary N) is 2. The zero-order valence-electron chi connectivity index (χ0n) is 17.9. The summed E-state index contributed by atoms with van der Waals surface area (Å²) in [6.45, 7) is 5.44. The van der Waals surface area contributed by atoms with Gasteiger partial charge in [0.05, 0.1) is 20.5 Å². The molecule has 1 aliphatic rings. The average molecular weight is 427 g/mol. The van der Waals surface area contributed by atoms with Crippen molar-refractivity contribution in [3.05, 3.63) is 23.8 Å². The van der Waals surface area contributed by atoms with Crippen LogP contribution in [0.25, 0.3) is 0 Å². The third-order valence-electron chi connectivity index (χ3n) is 5.05. The minimum Gasteiger partial charge on any atom is -0.493 e. The lowest BCUT2D eigenvalue weighted by Gasteiger charge is -2.29. The Morgan fingerprint density at radius 1 is 1.17 bits per heavy atom. The molecule has 2 rings (SSSR count). The van der Waals surface area contributed by atoms with Gasteiger partial charge in [-0.3, -0.25) is 4.99 Å². The highest BCUT2D eigenvalue weighted by atomic mass is 32.2. The molecule has 0 bridgehead atoms. The van der Waals surface area contributed by atoms with Gasteiger partial charge >= 0.3 is 0 Å². The van der Waals surface area contributed by atoms with Crippen molar-refractivity contribution in [2.75, 3.05) is 53.2 Å². The molecule has 8 nitrogen and oxygen atoms in total. The predicted octanol–water partition coefficient (Wildman–Crippen LogP) is 1.47. The fourth-order valence-corrected chi connectivity index (χ4v) is 4.22. The highest BCUT2D eigenvalue weighted by molar-refractivity contribution is 7.88. The Labute approximate surface area is 174 Å². The van der Waals surface area contributed by atoms with Gasteiger partial charge in [0, 0.05) is 32.7 Å². The Hall–Kier alpha value is -2.00. The summed E-state index contributed by atoms with van der Waals surface area (Å²) in [5.41, 5.74) is 1.15. The molecular weight excluding hydrogens is 392 g/mol. The fourth-order valence-electron chi connectivity index (χ4n) is 3.35. The first-order chi connectivity index (χ1) is 13.9. The van der Waals surface area contributed by atoms with E-state index in [1.165, 1.54) is 6.26 Å². The van der Waals surface area contributed by atoms with Gasteiger partial charge in [0.15, 0.2) is 17.5 Å². The van der Waals surface area contributed by atoms with Crippen molar-refractivity contribution in [1.29, 1.82) is 0 Å². The van der Waals surface area contributed by atoms with E-state index in [4.69, 9.17) is 14.5 Å². The topological polar surface area (TPSA) is 92.3 Å². The average Bonchev–Trinajstić information content (AvgIpc) is 2.71. The Balaban J connectivity index is 1.84. The molecule has 1 saturated heterocycles. The van der Waals surface area contributed by atoms with Gasteiger partial charge in [-0.05, 0) is 49.8 Å². The number of methoxy groups -OCH3 is 2. The molecular formula is C20H34N4O4S. The zero-order chi connectivity index (χ0) is 21.3. The molecule has 9 heteroatoms. The molecule has 1 heterocycles. The van der Waals surface area contributed by atoms with Crippen LogP contribution in [0.4, 0.5) is 0 Å². The minimum absolute atomic E-state index is 0.411. The van der Waals surface area contributed by atoms with Crippen molar-refractivity contribution in [3.8, 4) is 11.5 Å². The van der Waals surface area contributed by atoms with Crippen LogP contribution in [0.3, 0.4) is 0 Å². The second-order valence-electron chi connectivity index (χ2n) is 7.19. The van der Waals surface area contributed by atoms with Crippen LogP contribution < -0.4 is 20.1 Å². The molecule has 0 amide bonds. The molecule has 0 unspecified atom stereocenters. The lowest BCUT2D eigenvalue weighted by Crippen LogP contribution is -2.40. The molecule has 1 aromatic rings. The number of rotatable bonds is 9. The van der Waals surface area contributed by atoms with Crippen LogP contribution >= 0.6 is 0 Å². The standard InChI is InChI=1S/C20H34N4O4S/c1-5-21-20(23-15-17-9-12-24(13-10-17)29(4,25)26)22-11-8-16-6-7-18(27-2)19(14-16)28-3/h6-7,14,17H,5,8-13,15H2,1-4H3,(H2,21,22,23). The molecule has 164 valence electrons. The van der Waals surface area contributed by atoms with Crippen molar-refractivity contribution in [2.24, 2.45) is 10.9 Å². The molecule has 0 radical (unpaired) electrons. The highest BCUT2D eigenvalue weighted by Gasteiger charge is 2.24. The summed E-state index contributed by atoms with van der Waals surface area (Å²) in [6, 6.07) is 5.93. The van der Waals surface area contributed by atoms with Crippen LogP contribution in [0.1, 0.15) is 25.3 Å². The summed E-state index contributed by atoms with van der Waals surface area (Å²) in [4.78, 5) is 4.70. The van der Waals surface area contributed by atoms with Crippen molar-refractivity contribution < 1.29 is 17.9 Å². The van der Waals surface area contributed by atoms with Gasteiger partial charge in [-0.25, -0.2) is 12.7 Å². The van der Waals surface area contributed by atoms with E-state index in [1.807, 2.05) is 25.1 Å². The van der Waals surface area contributed by atoms with Crippen LogP contribution in [0.2, 0.25) is 0 Å². The van der Waals surface area contributed by atoms with Gasteiger partial charge < -0.3 is 20.1 Å². The Morgan fingerprint density at radius 2 is 1.86 bits per heavy atom. The number of hydrogen-bond acceptors (Lipinski definition) is 5. The number of benzene rings is 1. The normalized spacial score (nSPS) is 16.5. The molecule has 0 aromatic heterocycles. The van der Waals surface area contributed by atoms with Crippen molar-refractivity contribution in [1.82, 2.24) is 14.9 Å². The largest absolute Gasteiger partial charge is 0.493 e. The van der Waals surface area contributed by atoms with Crippen molar-refractivity contribution >= 4 is 16.0 Å². The van der Waals surface area contributed by atoms with Gasteiger partial charge in [0.1, 0.15) is 0 Å². The number of sulfonamides is 1. The molecule has 2 N–H and O–H groups in total. The molecule has 0 spiro atoms. The van der Waals surface area contributed by atoms with Gasteiger partial charge in [0.2, 0.25) is 10.0 Å². The monoisotopic (exact) mass is 426 g/mol. The van der Waals surface area contributed by atoms with E-state index in [-0.39, 0.29) is 0 Å². The summed E-state index contributed by atoms with van der Waals surface area (Å²) in [7, 11) is 0.182. The maximum absolute atomic E-state index is 11.6. The molecule has 1 fully saturated rings. The summed E-state index contributed by atoms with van der Waals surface area (Å²) in [6.07, 6.45) is 3.80. The quantitative estimate of drug-likeness (QED) is 0.459. The predicted molar refractivity (Wildman–Crippen MR) is 116 cm³/mol.